The van der Waals surface area contributed by atoms with E-state index in [-0.39, 0.29) is 23.0 Å². The van der Waals surface area contributed by atoms with Crippen molar-refractivity contribution in [3.05, 3.63) is 70.4 Å². The lowest BCUT2D eigenvalue weighted by molar-refractivity contribution is -0.121. The number of allylic oxidation sites excluding steroid dienone is 2. The van der Waals surface area contributed by atoms with Crippen molar-refractivity contribution in [2.75, 3.05) is 11.2 Å². The van der Waals surface area contributed by atoms with Crippen LogP contribution < -0.4 is 4.90 Å². The molecule has 1 amide bonds. The fourth-order valence-electron chi connectivity index (χ4n) is 4.92. The second kappa shape index (κ2) is 7.73. The van der Waals surface area contributed by atoms with Crippen molar-refractivity contribution in [3.63, 3.8) is 0 Å². The highest BCUT2D eigenvalue weighted by Gasteiger charge is 2.44. The van der Waals surface area contributed by atoms with Gasteiger partial charge in [-0.2, -0.15) is 0 Å². The fraction of sp³-hybridized carbons (Fsp3) is 0.385. The summed E-state index contributed by atoms with van der Waals surface area (Å²) in [7, 11) is 0. The van der Waals surface area contributed by atoms with Gasteiger partial charge in [-0.15, -0.1) is 11.8 Å². The Morgan fingerprint density at radius 1 is 0.967 bits per heavy atom. The molecule has 2 aromatic rings. The molecular formula is C26H29NO2S. The van der Waals surface area contributed by atoms with E-state index in [2.05, 4.69) is 56.3 Å². The van der Waals surface area contributed by atoms with Gasteiger partial charge in [0.1, 0.15) is 0 Å². The van der Waals surface area contributed by atoms with Crippen molar-refractivity contribution in [2.45, 2.75) is 57.8 Å². The normalized spacial score (nSPS) is 21.1. The molecule has 0 N–H and O–H groups in total. The monoisotopic (exact) mass is 419 g/mol. The predicted octanol–water partition coefficient (Wildman–Crippen LogP) is 6.19. The Hall–Kier alpha value is -2.33. The molecule has 1 aliphatic carbocycles. The number of aryl methyl sites for hydroxylation is 2. The highest BCUT2D eigenvalue weighted by atomic mass is 32.2. The molecule has 1 heterocycles. The van der Waals surface area contributed by atoms with E-state index in [0.717, 1.165) is 40.1 Å². The maximum Gasteiger partial charge on any atom is 0.232 e. The molecule has 3 nitrogen and oxygen atoms in total. The third-order valence-electron chi connectivity index (χ3n) is 6.13. The highest BCUT2D eigenvalue weighted by molar-refractivity contribution is 7.98. The quantitative estimate of drug-likeness (QED) is 0.557. The topological polar surface area (TPSA) is 37.4 Å². The van der Waals surface area contributed by atoms with E-state index in [9.17, 15) is 9.59 Å². The first-order valence-corrected chi connectivity index (χ1v) is 11.7. The lowest BCUT2D eigenvalue weighted by Gasteiger charge is -2.43. The van der Waals surface area contributed by atoms with E-state index < -0.39 is 0 Å². The second-order valence-corrected chi connectivity index (χ2v) is 10.3. The number of rotatable bonds is 3. The van der Waals surface area contributed by atoms with Crippen LogP contribution in [0.5, 0.6) is 0 Å². The molecule has 0 aromatic heterocycles. The van der Waals surface area contributed by atoms with Gasteiger partial charge in [-0.3, -0.25) is 14.5 Å². The molecule has 1 atom stereocenters. The number of amides is 1. The molecule has 0 radical (unpaired) electrons. The van der Waals surface area contributed by atoms with Gasteiger partial charge in [0, 0.05) is 40.6 Å². The maximum atomic E-state index is 13.5. The number of carbonyl (C=O) groups is 2. The molecule has 0 saturated carbocycles. The molecule has 0 bridgehead atoms. The van der Waals surface area contributed by atoms with E-state index in [4.69, 9.17) is 0 Å². The van der Waals surface area contributed by atoms with Crippen molar-refractivity contribution in [3.8, 4) is 0 Å². The summed E-state index contributed by atoms with van der Waals surface area (Å²) in [5, 5.41) is 0. The lowest BCUT2D eigenvalue weighted by Crippen LogP contribution is -2.43. The number of benzene rings is 2. The number of Topliss-reactive ketones (excluding diaryl/α,β-unsaturated/α-hetero) is 1. The van der Waals surface area contributed by atoms with Crippen molar-refractivity contribution >= 4 is 29.1 Å². The zero-order valence-electron chi connectivity index (χ0n) is 18.4. The summed E-state index contributed by atoms with van der Waals surface area (Å²) in [4.78, 5) is 29.9. The van der Waals surface area contributed by atoms with Gasteiger partial charge < -0.3 is 0 Å². The summed E-state index contributed by atoms with van der Waals surface area (Å²) < 4.78 is 0. The lowest BCUT2D eigenvalue weighted by atomic mass is 9.69. The Morgan fingerprint density at radius 3 is 2.20 bits per heavy atom. The second-order valence-electron chi connectivity index (χ2n) is 9.41. The van der Waals surface area contributed by atoms with E-state index in [1.165, 1.54) is 4.90 Å². The molecule has 0 saturated heterocycles. The predicted molar refractivity (Wildman–Crippen MR) is 124 cm³/mol. The van der Waals surface area contributed by atoms with Crippen LogP contribution in [0.2, 0.25) is 0 Å². The van der Waals surface area contributed by atoms with Gasteiger partial charge in [-0.05, 0) is 72.9 Å². The molecule has 1 aliphatic heterocycles. The molecule has 2 aliphatic rings. The summed E-state index contributed by atoms with van der Waals surface area (Å²) in [5.41, 5.74) is 5.76. The van der Waals surface area contributed by atoms with E-state index >= 15 is 0 Å². The number of nitrogens with zero attached hydrogens (tertiary/aromatic N) is 1. The minimum absolute atomic E-state index is 0.0724. The Morgan fingerprint density at radius 2 is 1.60 bits per heavy atom. The Balaban J connectivity index is 1.88. The molecule has 2 aromatic carbocycles. The van der Waals surface area contributed by atoms with Gasteiger partial charge in [0.25, 0.3) is 0 Å². The van der Waals surface area contributed by atoms with Gasteiger partial charge >= 0.3 is 0 Å². The number of carbonyl (C=O) groups excluding carboxylic acids is 2. The molecule has 1 unspecified atom stereocenters. The summed E-state index contributed by atoms with van der Waals surface area (Å²) >= 11 is 1.69. The molecule has 4 rings (SSSR count). The zero-order chi connectivity index (χ0) is 21.6. The minimum atomic E-state index is -0.158. The Bertz CT molecular complexity index is 1030. The summed E-state index contributed by atoms with van der Waals surface area (Å²) in [5.74, 6) is 0.0967. The van der Waals surface area contributed by atoms with Crippen LogP contribution in [0.4, 0.5) is 5.69 Å². The minimum Gasteiger partial charge on any atom is -0.294 e. The standard InChI is InChI=1S/C26H29NO2S/c1-16-10-17(2)12-19(11-16)27-22-14-26(3,4)15-23(28)25(22)21(13-24(27)29)18-6-8-20(30-5)9-7-18/h6-12,21H,13-15H2,1-5H3. The third kappa shape index (κ3) is 3.85. The molecular weight excluding hydrogens is 390 g/mol. The van der Waals surface area contributed by atoms with Crippen LogP contribution in [0, 0.1) is 19.3 Å². The maximum absolute atomic E-state index is 13.5. The fourth-order valence-corrected chi connectivity index (χ4v) is 5.32. The van der Waals surface area contributed by atoms with Gasteiger partial charge in [0.2, 0.25) is 5.91 Å². The summed E-state index contributed by atoms with van der Waals surface area (Å²) in [6, 6.07) is 14.5. The number of anilines is 1. The molecule has 0 fully saturated rings. The molecule has 0 spiro atoms. The first-order valence-electron chi connectivity index (χ1n) is 10.5. The third-order valence-corrected chi connectivity index (χ3v) is 6.87. The highest BCUT2D eigenvalue weighted by Crippen LogP contribution is 2.48. The first kappa shape index (κ1) is 20.9. The van der Waals surface area contributed by atoms with Crippen LogP contribution in [-0.2, 0) is 9.59 Å². The Labute approximate surface area is 183 Å². The molecule has 30 heavy (non-hydrogen) atoms. The summed E-state index contributed by atoms with van der Waals surface area (Å²) in [6.07, 6.45) is 3.64. The van der Waals surface area contributed by atoms with Crippen molar-refractivity contribution in [1.29, 1.82) is 0 Å². The van der Waals surface area contributed by atoms with Crippen LogP contribution >= 0.6 is 11.8 Å². The van der Waals surface area contributed by atoms with Gasteiger partial charge in [-0.1, -0.05) is 32.0 Å². The molecule has 4 heteroatoms. The van der Waals surface area contributed by atoms with Crippen molar-refractivity contribution in [1.82, 2.24) is 0 Å². The van der Waals surface area contributed by atoms with Gasteiger partial charge in [0.15, 0.2) is 5.78 Å². The van der Waals surface area contributed by atoms with Crippen molar-refractivity contribution in [2.24, 2.45) is 5.41 Å². The number of ketones is 1. The number of hydrogen-bond donors (Lipinski definition) is 0. The van der Waals surface area contributed by atoms with Crippen LogP contribution in [0.15, 0.2) is 58.6 Å². The summed E-state index contributed by atoms with van der Waals surface area (Å²) in [6.45, 7) is 8.34. The smallest absolute Gasteiger partial charge is 0.232 e. The number of hydrogen-bond acceptors (Lipinski definition) is 3. The van der Waals surface area contributed by atoms with Crippen LogP contribution in [0.3, 0.4) is 0 Å². The zero-order valence-corrected chi connectivity index (χ0v) is 19.2. The van der Waals surface area contributed by atoms with Gasteiger partial charge in [0.05, 0.1) is 0 Å². The Kier molecular flexibility index (Phi) is 5.39. The van der Waals surface area contributed by atoms with Gasteiger partial charge in [-0.25, -0.2) is 0 Å². The average molecular weight is 420 g/mol. The van der Waals surface area contributed by atoms with Crippen LogP contribution in [0.1, 0.15) is 55.7 Å². The van der Waals surface area contributed by atoms with Crippen LogP contribution in [0.25, 0.3) is 0 Å². The average Bonchev–Trinajstić information content (AvgIpc) is 2.65. The first-order chi connectivity index (χ1) is 14.2. The van der Waals surface area contributed by atoms with E-state index in [0.29, 0.717) is 12.8 Å². The van der Waals surface area contributed by atoms with Crippen LogP contribution in [-0.4, -0.2) is 17.9 Å². The largest absolute Gasteiger partial charge is 0.294 e. The van der Waals surface area contributed by atoms with E-state index in [1.807, 2.05) is 25.0 Å². The molecule has 156 valence electrons. The number of thioether (sulfide) groups is 1. The SMILES string of the molecule is CSc1ccc(C2CC(=O)N(c3cc(C)cc(C)c3)C3=C2C(=O)CC(C)(C)C3)cc1. The van der Waals surface area contributed by atoms with Crippen molar-refractivity contribution < 1.29 is 9.59 Å². The van der Waals surface area contributed by atoms with E-state index in [1.54, 1.807) is 11.8 Å².